The Morgan fingerprint density at radius 1 is 0.762 bits per heavy atom. The maximum atomic E-state index is 9.76. The standard InChI is InChI=1S/C24H45NOSi2.C11H15NO2/c1-10-27(11-2)23-16-25-22-15-13-12-14-21(22)24(23)20(9)26-28(17(3)4,18(5)6)19(7)8;1-7(13)11-8-4-2-3-5-9(8)12-6-10(11)14/h12-15,17-20,23-25,27H,10-11,16H2,1-9H3;2-5,7,10-14H,6H2,1H3/t20-,23+,24+;7-,10+,11+/m00/s1. The van der Waals surface area contributed by atoms with Crippen molar-refractivity contribution in [3.05, 3.63) is 59.7 Å². The first-order chi connectivity index (χ1) is 19.9. The lowest BCUT2D eigenvalue weighted by molar-refractivity contribution is 0.0667. The molecule has 0 spiro atoms. The molecule has 0 saturated carbocycles. The van der Waals surface area contributed by atoms with Crippen LogP contribution in [0.15, 0.2) is 48.5 Å². The third kappa shape index (κ3) is 7.35. The third-order valence-corrected chi connectivity index (χ3v) is 20.5. The number of nitrogens with one attached hydrogen (secondary N) is 2. The highest BCUT2D eigenvalue weighted by atomic mass is 28.4. The van der Waals surface area contributed by atoms with Gasteiger partial charge in [0.15, 0.2) is 0 Å². The van der Waals surface area contributed by atoms with Gasteiger partial charge in [0.25, 0.3) is 0 Å². The van der Waals surface area contributed by atoms with Crippen LogP contribution in [0.1, 0.15) is 92.2 Å². The maximum Gasteiger partial charge on any atom is 0.200 e. The van der Waals surface area contributed by atoms with Crippen LogP contribution in [-0.4, -0.2) is 58.7 Å². The number of β-amino-alcohol motifs (C(OH)–C–C–N with tert-alkyl or cyclic N) is 1. The van der Waals surface area contributed by atoms with Gasteiger partial charge in [0.2, 0.25) is 8.32 Å². The molecule has 0 amide bonds. The van der Waals surface area contributed by atoms with Crippen molar-refractivity contribution in [2.75, 3.05) is 23.7 Å². The number of rotatable bonds is 10. The topological polar surface area (TPSA) is 73.8 Å². The summed E-state index contributed by atoms with van der Waals surface area (Å²) in [6.45, 7) is 25.0. The van der Waals surface area contributed by atoms with E-state index < -0.39 is 29.3 Å². The van der Waals surface area contributed by atoms with E-state index in [0.29, 0.717) is 35.2 Å². The van der Waals surface area contributed by atoms with Gasteiger partial charge in [-0.25, -0.2) is 0 Å². The highest BCUT2D eigenvalue weighted by Crippen LogP contribution is 2.49. The second kappa shape index (κ2) is 15.4. The molecule has 4 rings (SSSR count). The zero-order valence-corrected chi connectivity index (χ0v) is 30.2. The molecule has 0 aliphatic carbocycles. The summed E-state index contributed by atoms with van der Waals surface area (Å²) in [5.74, 6) is 0.365. The van der Waals surface area contributed by atoms with Gasteiger partial charge in [0, 0.05) is 51.2 Å². The Balaban J connectivity index is 0.000000287. The van der Waals surface area contributed by atoms with Gasteiger partial charge in [-0.2, -0.15) is 0 Å². The van der Waals surface area contributed by atoms with Crippen LogP contribution < -0.4 is 10.6 Å². The predicted molar refractivity (Wildman–Crippen MR) is 186 cm³/mol. The summed E-state index contributed by atoms with van der Waals surface area (Å²) >= 11 is 0. The average Bonchev–Trinajstić information content (AvgIpc) is 2.95. The summed E-state index contributed by atoms with van der Waals surface area (Å²) in [7, 11) is -2.70. The molecule has 42 heavy (non-hydrogen) atoms. The van der Waals surface area contributed by atoms with E-state index in [1.807, 2.05) is 24.3 Å². The molecular weight excluding hydrogens is 553 g/mol. The molecule has 0 unspecified atom stereocenters. The zero-order valence-electron chi connectivity index (χ0n) is 28.0. The molecule has 4 N–H and O–H groups in total. The number of hydrogen-bond acceptors (Lipinski definition) is 5. The highest BCUT2D eigenvalue weighted by molar-refractivity contribution is 6.77. The molecule has 2 aliphatic rings. The molecule has 2 aromatic rings. The van der Waals surface area contributed by atoms with E-state index in [0.717, 1.165) is 23.3 Å². The Kier molecular flexibility index (Phi) is 12.8. The van der Waals surface area contributed by atoms with Crippen molar-refractivity contribution >= 4 is 28.5 Å². The minimum absolute atomic E-state index is 0.174. The highest BCUT2D eigenvalue weighted by Gasteiger charge is 2.48. The van der Waals surface area contributed by atoms with Crippen molar-refractivity contribution in [1.82, 2.24) is 0 Å². The van der Waals surface area contributed by atoms with Gasteiger partial charge in [-0.15, -0.1) is 0 Å². The first-order valence-electron chi connectivity index (χ1n) is 16.6. The van der Waals surface area contributed by atoms with Gasteiger partial charge >= 0.3 is 0 Å². The molecule has 2 heterocycles. The van der Waals surface area contributed by atoms with Gasteiger partial charge in [-0.05, 0) is 59.3 Å². The fourth-order valence-electron chi connectivity index (χ4n) is 8.37. The van der Waals surface area contributed by atoms with Crippen molar-refractivity contribution < 1.29 is 14.6 Å². The predicted octanol–water partition coefficient (Wildman–Crippen LogP) is 8.35. The molecule has 2 aromatic carbocycles. The van der Waals surface area contributed by atoms with Crippen LogP contribution in [0.2, 0.25) is 34.3 Å². The molecular formula is C35H60N2O3Si2. The molecule has 6 atom stereocenters. The summed E-state index contributed by atoms with van der Waals surface area (Å²) in [5.41, 5.74) is 7.54. The SMILES string of the molecule is CC[SiH](CC)[C@@H]1CNc2ccccc2[C@H]1[C@H](C)O[Si](C(C)C)(C(C)C)C(C)C.C[C@H](O)[C@@H]1c2ccccc2NC[C@H]1O. The molecule has 236 valence electrons. The van der Waals surface area contributed by atoms with Gasteiger partial charge in [0.05, 0.1) is 12.2 Å². The molecule has 0 fully saturated rings. The van der Waals surface area contributed by atoms with Crippen molar-refractivity contribution in [3.63, 3.8) is 0 Å². The van der Waals surface area contributed by atoms with E-state index in [1.165, 1.54) is 23.3 Å². The molecule has 0 saturated heterocycles. The summed E-state index contributed by atoms with van der Waals surface area (Å²) in [6.07, 6.45) is -0.738. The van der Waals surface area contributed by atoms with Crippen LogP contribution in [0.25, 0.3) is 0 Å². The molecule has 0 aromatic heterocycles. The lowest BCUT2D eigenvalue weighted by Crippen LogP contribution is -2.52. The first kappa shape index (κ1) is 34.8. The number of benzene rings is 2. The van der Waals surface area contributed by atoms with Crippen LogP contribution in [0.3, 0.4) is 0 Å². The summed E-state index contributed by atoms with van der Waals surface area (Å²) < 4.78 is 7.32. The smallest absolute Gasteiger partial charge is 0.200 e. The molecule has 7 heteroatoms. The van der Waals surface area contributed by atoms with Crippen molar-refractivity contribution in [2.24, 2.45) is 0 Å². The van der Waals surface area contributed by atoms with Crippen molar-refractivity contribution in [3.8, 4) is 0 Å². The van der Waals surface area contributed by atoms with Crippen LogP contribution in [-0.2, 0) is 4.43 Å². The normalized spacial score (nSPS) is 23.4. The third-order valence-electron chi connectivity index (χ3n) is 10.3. The Morgan fingerprint density at radius 3 is 1.67 bits per heavy atom. The lowest BCUT2D eigenvalue weighted by Gasteiger charge is -2.48. The largest absolute Gasteiger partial charge is 0.413 e. The summed E-state index contributed by atoms with van der Waals surface area (Å²) in [4.78, 5) is 0. The average molecular weight is 613 g/mol. The summed E-state index contributed by atoms with van der Waals surface area (Å²) in [6, 6.07) is 19.6. The number of aliphatic hydroxyl groups is 2. The van der Waals surface area contributed by atoms with Crippen molar-refractivity contribution in [2.45, 2.75) is 134 Å². The van der Waals surface area contributed by atoms with E-state index in [1.54, 1.807) is 6.92 Å². The molecule has 2 aliphatic heterocycles. The van der Waals surface area contributed by atoms with Gasteiger partial charge in [-0.1, -0.05) is 104 Å². The Labute approximate surface area is 259 Å². The van der Waals surface area contributed by atoms with E-state index in [9.17, 15) is 10.2 Å². The quantitative estimate of drug-likeness (QED) is 0.203. The number of fused-ring (bicyclic) bond motifs is 2. The molecule has 5 nitrogen and oxygen atoms in total. The van der Waals surface area contributed by atoms with Crippen LogP contribution >= 0.6 is 0 Å². The van der Waals surface area contributed by atoms with E-state index in [4.69, 9.17) is 4.43 Å². The Morgan fingerprint density at radius 2 is 1.21 bits per heavy atom. The lowest BCUT2D eigenvalue weighted by atomic mass is 9.85. The monoisotopic (exact) mass is 612 g/mol. The fraction of sp³-hybridized carbons (Fsp3) is 0.657. The second-order valence-electron chi connectivity index (χ2n) is 13.7. The Bertz CT molecular complexity index is 1080. The van der Waals surface area contributed by atoms with Crippen LogP contribution in [0.5, 0.6) is 0 Å². The second-order valence-corrected chi connectivity index (χ2v) is 23.1. The van der Waals surface area contributed by atoms with Gasteiger partial charge in [0.1, 0.15) is 0 Å². The minimum Gasteiger partial charge on any atom is -0.413 e. The van der Waals surface area contributed by atoms with Crippen LogP contribution in [0.4, 0.5) is 11.4 Å². The molecule has 0 bridgehead atoms. The maximum absolute atomic E-state index is 9.76. The summed E-state index contributed by atoms with van der Waals surface area (Å²) in [5, 5.41) is 26.3. The molecule has 0 radical (unpaired) electrons. The van der Waals surface area contributed by atoms with Crippen LogP contribution in [0, 0.1) is 0 Å². The zero-order chi connectivity index (χ0) is 31.2. The number of aliphatic hydroxyl groups excluding tert-OH is 2. The minimum atomic E-state index is -1.89. The number of hydrogen-bond donors (Lipinski definition) is 4. The van der Waals surface area contributed by atoms with E-state index >= 15 is 0 Å². The fourth-order valence-corrected chi connectivity index (χ4v) is 17.3. The first-order valence-corrected chi connectivity index (χ1v) is 21.0. The van der Waals surface area contributed by atoms with E-state index in [-0.39, 0.29) is 5.92 Å². The van der Waals surface area contributed by atoms with Gasteiger partial charge < -0.3 is 25.3 Å². The van der Waals surface area contributed by atoms with E-state index in [2.05, 4.69) is 97.2 Å². The Hall–Kier alpha value is -1.65. The number of para-hydroxylation sites is 2. The van der Waals surface area contributed by atoms with Gasteiger partial charge in [-0.3, -0.25) is 0 Å². The number of anilines is 2. The van der Waals surface area contributed by atoms with Crippen molar-refractivity contribution in [1.29, 1.82) is 0 Å².